The van der Waals surface area contributed by atoms with Gasteiger partial charge in [-0.15, -0.1) is 0 Å². The fourth-order valence-corrected chi connectivity index (χ4v) is 4.06. The Labute approximate surface area is 167 Å². The van der Waals surface area contributed by atoms with Crippen LogP contribution in [0.4, 0.5) is 4.79 Å². The van der Waals surface area contributed by atoms with Gasteiger partial charge < -0.3 is 10.2 Å². The van der Waals surface area contributed by atoms with Crippen LogP contribution in [-0.2, 0) is 21.5 Å². The number of imide groups is 1. The zero-order chi connectivity index (χ0) is 20.1. The molecule has 3 rings (SSSR count). The molecule has 0 spiro atoms. The first-order valence-electron chi connectivity index (χ1n) is 10.5. The van der Waals surface area contributed by atoms with Crippen molar-refractivity contribution in [2.45, 2.75) is 64.3 Å². The Hall–Kier alpha value is -2.37. The third-order valence-corrected chi connectivity index (χ3v) is 5.85. The second-order valence-corrected chi connectivity index (χ2v) is 8.04. The summed E-state index contributed by atoms with van der Waals surface area (Å²) < 4.78 is 0. The number of nitrogens with zero attached hydrogens (tertiary/aromatic N) is 2. The molecule has 2 saturated heterocycles. The predicted molar refractivity (Wildman–Crippen MR) is 108 cm³/mol. The van der Waals surface area contributed by atoms with E-state index in [2.05, 4.69) is 12.2 Å². The van der Waals surface area contributed by atoms with Gasteiger partial charge in [-0.2, -0.15) is 0 Å². The molecular formula is C22H31N3O3. The van der Waals surface area contributed by atoms with Gasteiger partial charge >= 0.3 is 6.03 Å². The number of urea groups is 1. The molecule has 0 aromatic heterocycles. The minimum atomic E-state index is -1.13. The highest BCUT2D eigenvalue weighted by Gasteiger charge is 2.49. The molecule has 1 aromatic carbocycles. The Morgan fingerprint density at radius 2 is 1.64 bits per heavy atom. The van der Waals surface area contributed by atoms with Crippen LogP contribution < -0.4 is 5.32 Å². The van der Waals surface area contributed by atoms with E-state index in [0.717, 1.165) is 49.0 Å². The molecule has 1 atom stereocenters. The number of carbonyl (C=O) groups is 3. The lowest BCUT2D eigenvalue weighted by Crippen LogP contribution is -2.45. The van der Waals surface area contributed by atoms with Gasteiger partial charge in [0.2, 0.25) is 5.91 Å². The van der Waals surface area contributed by atoms with Crippen molar-refractivity contribution in [3.63, 3.8) is 0 Å². The molecule has 1 aromatic rings. The molecule has 2 heterocycles. The standard InChI is InChI=1S/C22H31N3O3/c1-3-9-17-10-12-18(13-11-17)22(2)20(27)25(21(28)23-22)16-19(26)24-14-7-5-4-6-8-15-24/h10-13H,3-9,14-16H2,1-2H3,(H,23,28). The molecule has 6 nitrogen and oxygen atoms in total. The van der Waals surface area contributed by atoms with Crippen LogP contribution in [0.3, 0.4) is 0 Å². The second kappa shape index (κ2) is 8.76. The molecule has 28 heavy (non-hydrogen) atoms. The smallest absolute Gasteiger partial charge is 0.325 e. The highest BCUT2D eigenvalue weighted by atomic mass is 16.2. The van der Waals surface area contributed by atoms with Crippen LogP contribution >= 0.6 is 0 Å². The molecule has 152 valence electrons. The van der Waals surface area contributed by atoms with E-state index in [1.165, 1.54) is 12.0 Å². The van der Waals surface area contributed by atoms with E-state index in [-0.39, 0.29) is 18.4 Å². The van der Waals surface area contributed by atoms with Gasteiger partial charge in [-0.05, 0) is 37.3 Å². The maximum Gasteiger partial charge on any atom is 0.325 e. The number of nitrogens with one attached hydrogen (secondary N) is 1. The third kappa shape index (κ3) is 4.21. The molecule has 0 radical (unpaired) electrons. The lowest BCUT2D eigenvalue weighted by atomic mass is 9.91. The maximum atomic E-state index is 13.1. The van der Waals surface area contributed by atoms with Gasteiger partial charge in [-0.3, -0.25) is 14.5 Å². The number of aryl methyl sites for hydroxylation is 1. The summed E-state index contributed by atoms with van der Waals surface area (Å²) in [6, 6.07) is 7.29. The van der Waals surface area contributed by atoms with Crippen molar-refractivity contribution >= 4 is 17.8 Å². The van der Waals surface area contributed by atoms with Gasteiger partial charge in [-0.25, -0.2) is 4.79 Å². The second-order valence-electron chi connectivity index (χ2n) is 8.04. The molecule has 2 aliphatic heterocycles. The van der Waals surface area contributed by atoms with Crippen LogP contribution in [-0.4, -0.2) is 47.3 Å². The molecule has 1 N–H and O–H groups in total. The van der Waals surface area contributed by atoms with Crippen LogP contribution in [0.2, 0.25) is 0 Å². The fraction of sp³-hybridized carbons (Fsp3) is 0.591. The molecule has 1 unspecified atom stereocenters. The number of rotatable bonds is 5. The van der Waals surface area contributed by atoms with E-state index in [4.69, 9.17) is 0 Å². The molecule has 4 amide bonds. The lowest BCUT2D eigenvalue weighted by Gasteiger charge is -2.27. The Bertz CT molecular complexity index is 723. The summed E-state index contributed by atoms with van der Waals surface area (Å²) in [7, 11) is 0. The van der Waals surface area contributed by atoms with Crippen molar-refractivity contribution in [1.82, 2.24) is 15.1 Å². The predicted octanol–water partition coefficient (Wildman–Crippen LogP) is 3.20. The Morgan fingerprint density at radius 1 is 1.04 bits per heavy atom. The summed E-state index contributed by atoms with van der Waals surface area (Å²) in [5, 5.41) is 2.80. The van der Waals surface area contributed by atoms with E-state index >= 15 is 0 Å². The maximum absolute atomic E-state index is 13.1. The van der Waals surface area contributed by atoms with Gasteiger partial charge in [0.05, 0.1) is 0 Å². The summed E-state index contributed by atoms with van der Waals surface area (Å²) in [5.74, 6) is -0.505. The number of hydrogen-bond donors (Lipinski definition) is 1. The van der Waals surface area contributed by atoms with Crippen molar-refractivity contribution in [3.05, 3.63) is 35.4 Å². The first kappa shape index (κ1) is 20.4. The summed E-state index contributed by atoms with van der Waals surface area (Å²) in [6.07, 6.45) is 7.45. The third-order valence-electron chi connectivity index (χ3n) is 5.85. The van der Waals surface area contributed by atoms with E-state index in [1.807, 2.05) is 24.3 Å². The first-order valence-corrected chi connectivity index (χ1v) is 10.5. The molecule has 6 heteroatoms. The van der Waals surface area contributed by atoms with Gasteiger partial charge in [0, 0.05) is 13.1 Å². The Morgan fingerprint density at radius 3 is 2.25 bits per heavy atom. The fourth-order valence-electron chi connectivity index (χ4n) is 4.06. The molecule has 2 aliphatic rings. The van der Waals surface area contributed by atoms with Crippen LogP contribution in [0, 0.1) is 0 Å². The zero-order valence-electron chi connectivity index (χ0n) is 17.0. The normalized spacial score (nSPS) is 23.4. The number of hydrogen-bond acceptors (Lipinski definition) is 3. The Kier molecular flexibility index (Phi) is 6.37. The van der Waals surface area contributed by atoms with Crippen molar-refractivity contribution in [2.24, 2.45) is 0 Å². The minimum Gasteiger partial charge on any atom is -0.341 e. The van der Waals surface area contributed by atoms with Crippen LogP contribution in [0.5, 0.6) is 0 Å². The number of carbonyl (C=O) groups excluding carboxylic acids is 3. The average Bonchev–Trinajstić information content (AvgIpc) is 2.86. The number of benzene rings is 1. The van der Waals surface area contributed by atoms with Crippen LogP contribution in [0.25, 0.3) is 0 Å². The van der Waals surface area contributed by atoms with Crippen molar-refractivity contribution < 1.29 is 14.4 Å². The van der Waals surface area contributed by atoms with Crippen LogP contribution in [0.15, 0.2) is 24.3 Å². The highest BCUT2D eigenvalue weighted by Crippen LogP contribution is 2.29. The van der Waals surface area contributed by atoms with Gasteiger partial charge in [0.15, 0.2) is 0 Å². The van der Waals surface area contributed by atoms with Crippen LogP contribution in [0.1, 0.15) is 63.5 Å². The van der Waals surface area contributed by atoms with E-state index < -0.39 is 11.6 Å². The summed E-state index contributed by atoms with van der Waals surface area (Å²) in [5.41, 5.74) is 0.820. The van der Waals surface area contributed by atoms with Gasteiger partial charge in [0.1, 0.15) is 12.1 Å². The molecule has 2 fully saturated rings. The van der Waals surface area contributed by atoms with E-state index in [1.54, 1.807) is 11.8 Å². The highest BCUT2D eigenvalue weighted by molar-refractivity contribution is 6.09. The largest absolute Gasteiger partial charge is 0.341 e. The molecular weight excluding hydrogens is 354 g/mol. The average molecular weight is 386 g/mol. The van der Waals surface area contributed by atoms with E-state index in [0.29, 0.717) is 13.1 Å². The lowest BCUT2D eigenvalue weighted by molar-refractivity contribution is -0.139. The summed E-state index contributed by atoms with van der Waals surface area (Å²) in [4.78, 5) is 41.2. The monoisotopic (exact) mass is 385 g/mol. The van der Waals surface area contributed by atoms with E-state index in [9.17, 15) is 14.4 Å². The quantitative estimate of drug-likeness (QED) is 0.792. The summed E-state index contributed by atoms with van der Waals surface area (Å²) >= 11 is 0. The minimum absolute atomic E-state index is 0.145. The summed E-state index contributed by atoms with van der Waals surface area (Å²) in [6.45, 7) is 5.06. The first-order chi connectivity index (χ1) is 13.5. The molecule has 0 saturated carbocycles. The Balaban J connectivity index is 1.70. The topological polar surface area (TPSA) is 69.7 Å². The van der Waals surface area contributed by atoms with Crippen molar-refractivity contribution in [1.29, 1.82) is 0 Å². The van der Waals surface area contributed by atoms with Gasteiger partial charge in [-0.1, -0.05) is 56.9 Å². The number of likely N-dealkylation sites (tertiary alicyclic amines) is 1. The molecule has 0 aliphatic carbocycles. The van der Waals surface area contributed by atoms with Crippen molar-refractivity contribution in [3.8, 4) is 0 Å². The molecule has 0 bridgehead atoms. The van der Waals surface area contributed by atoms with Crippen molar-refractivity contribution in [2.75, 3.05) is 19.6 Å². The number of amides is 4. The van der Waals surface area contributed by atoms with Gasteiger partial charge in [0.25, 0.3) is 5.91 Å². The zero-order valence-corrected chi connectivity index (χ0v) is 17.0. The SMILES string of the molecule is CCCc1ccc(C2(C)NC(=O)N(CC(=O)N3CCCCCCC3)C2=O)cc1.